The van der Waals surface area contributed by atoms with Crippen molar-refractivity contribution in [2.75, 3.05) is 0 Å². The maximum atomic E-state index is 6.21. The van der Waals surface area contributed by atoms with Gasteiger partial charge in [0.15, 0.2) is 0 Å². The highest BCUT2D eigenvalue weighted by Gasteiger charge is 2.06. The predicted molar refractivity (Wildman–Crippen MR) is 114 cm³/mol. The number of halogens is 3. The Morgan fingerprint density at radius 3 is 2.31 bits per heavy atom. The Morgan fingerprint density at radius 2 is 1.54 bits per heavy atom. The molecule has 0 fully saturated rings. The fourth-order valence-corrected chi connectivity index (χ4v) is 3.15. The standard InChI is InChI=1S/C21H19BrClNO.ClH/c22-19-10-11-21(25-15-16-6-2-1-3-7-16)18(12-19)14-24-13-17-8-4-5-9-20(17)23;/h1-12,24H,13-15H2;1H. The van der Waals surface area contributed by atoms with Crippen LogP contribution in [0.3, 0.4) is 0 Å². The van der Waals surface area contributed by atoms with Crippen molar-refractivity contribution in [1.82, 2.24) is 5.32 Å². The molecule has 0 saturated heterocycles. The third kappa shape index (κ3) is 6.03. The van der Waals surface area contributed by atoms with Crippen molar-refractivity contribution in [3.63, 3.8) is 0 Å². The molecule has 0 aliphatic carbocycles. The van der Waals surface area contributed by atoms with Crippen LogP contribution in [-0.4, -0.2) is 0 Å². The monoisotopic (exact) mass is 451 g/mol. The van der Waals surface area contributed by atoms with Crippen molar-refractivity contribution >= 4 is 39.9 Å². The van der Waals surface area contributed by atoms with Gasteiger partial charge in [-0.3, -0.25) is 0 Å². The third-order valence-electron chi connectivity index (χ3n) is 3.85. The van der Waals surface area contributed by atoms with Crippen molar-refractivity contribution in [2.45, 2.75) is 19.7 Å². The molecule has 0 bridgehead atoms. The maximum absolute atomic E-state index is 6.21. The Balaban J connectivity index is 0.00000243. The second-order valence-electron chi connectivity index (χ2n) is 5.72. The molecule has 0 amide bonds. The van der Waals surface area contributed by atoms with E-state index in [0.717, 1.165) is 31.9 Å². The Labute approximate surface area is 174 Å². The molecule has 136 valence electrons. The van der Waals surface area contributed by atoms with E-state index in [-0.39, 0.29) is 12.4 Å². The van der Waals surface area contributed by atoms with Gasteiger partial charge in [-0.25, -0.2) is 0 Å². The Bertz CT molecular complexity index is 827. The first-order chi connectivity index (χ1) is 12.2. The average molecular weight is 453 g/mol. The molecule has 0 aliphatic heterocycles. The van der Waals surface area contributed by atoms with E-state index in [4.69, 9.17) is 16.3 Å². The van der Waals surface area contributed by atoms with Crippen molar-refractivity contribution < 1.29 is 4.74 Å². The second kappa shape index (κ2) is 10.6. The maximum Gasteiger partial charge on any atom is 0.124 e. The number of hydrogen-bond acceptors (Lipinski definition) is 2. The van der Waals surface area contributed by atoms with Crippen LogP contribution in [0.4, 0.5) is 0 Å². The van der Waals surface area contributed by atoms with Crippen LogP contribution in [0.15, 0.2) is 77.3 Å². The molecule has 0 radical (unpaired) electrons. The van der Waals surface area contributed by atoms with Gasteiger partial charge in [0.1, 0.15) is 12.4 Å². The molecule has 3 aromatic carbocycles. The van der Waals surface area contributed by atoms with E-state index in [2.05, 4.69) is 39.4 Å². The summed E-state index contributed by atoms with van der Waals surface area (Å²) in [5.41, 5.74) is 3.35. The van der Waals surface area contributed by atoms with Gasteiger partial charge in [-0.15, -0.1) is 12.4 Å². The molecule has 3 aromatic rings. The number of benzene rings is 3. The highest BCUT2D eigenvalue weighted by molar-refractivity contribution is 9.10. The fraction of sp³-hybridized carbons (Fsp3) is 0.143. The molecule has 0 unspecified atom stereocenters. The molecule has 2 nitrogen and oxygen atoms in total. The summed E-state index contributed by atoms with van der Waals surface area (Å²) in [4.78, 5) is 0. The van der Waals surface area contributed by atoms with E-state index in [1.54, 1.807) is 0 Å². The van der Waals surface area contributed by atoms with Crippen LogP contribution >= 0.6 is 39.9 Å². The first-order valence-electron chi connectivity index (χ1n) is 8.11. The predicted octanol–water partition coefficient (Wildman–Crippen LogP) is 6.39. The smallest absolute Gasteiger partial charge is 0.124 e. The summed E-state index contributed by atoms with van der Waals surface area (Å²) >= 11 is 9.74. The van der Waals surface area contributed by atoms with Crippen LogP contribution in [-0.2, 0) is 19.7 Å². The Hall–Kier alpha value is -1.52. The molecule has 0 atom stereocenters. The first-order valence-corrected chi connectivity index (χ1v) is 9.29. The minimum atomic E-state index is 0. The van der Waals surface area contributed by atoms with E-state index >= 15 is 0 Å². The van der Waals surface area contributed by atoms with Gasteiger partial charge in [-0.1, -0.05) is 76.1 Å². The van der Waals surface area contributed by atoms with Crippen molar-refractivity contribution in [3.8, 4) is 5.75 Å². The summed E-state index contributed by atoms with van der Waals surface area (Å²) in [6.07, 6.45) is 0. The summed E-state index contributed by atoms with van der Waals surface area (Å²) in [6, 6.07) is 24.1. The summed E-state index contributed by atoms with van der Waals surface area (Å²) in [7, 11) is 0. The molecule has 5 heteroatoms. The van der Waals surface area contributed by atoms with Crippen molar-refractivity contribution in [1.29, 1.82) is 0 Å². The van der Waals surface area contributed by atoms with Crippen LogP contribution in [0.5, 0.6) is 5.75 Å². The highest BCUT2D eigenvalue weighted by Crippen LogP contribution is 2.24. The van der Waals surface area contributed by atoms with Gasteiger partial charge < -0.3 is 10.1 Å². The summed E-state index contributed by atoms with van der Waals surface area (Å²) < 4.78 is 7.05. The normalized spacial score (nSPS) is 10.2. The molecular weight excluding hydrogens is 433 g/mol. The van der Waals surface area contributed by atoms with Gasteiger partial charge in [0.2, 0.25) is 0 Å². The number of hydrogen-bond donors (Lipinski definition) is 1. The third-order valence-corrected chi connectivity index (χ3v) is 4.71. The molecule has 0 aliphatic rings. The summed E-state index contributed by atoms with van der Waals surface area (Å²) in [6.45, 7) is 1.97. The minimum absolute atomic E-state index is 0. The summed E-state index contributed by atoms with van der Waals surface area (Å²) in [5.74, 6) is 0.888. The van der Waals surface area contributed by atoms with Gasteiger partial charge in [0, 0.05) is 28.1 Å². The topological polar surface area (TPSA) is 21.3 Å². The lowest BCUT2D eigenvalue weighted by Gasteiger charge is -2.13. The van der Waals surface area contributed by atoms with Crippen molar-refractivity contribution in [2.24, 2.45) is 0 Å². The quantitative estimate of drug-likeness (QED) is 0.448. The first kappa shape index (κ1) is 20.8. The van der Waals surface area contributed by atoms with Gasteiger partial charge >= 0.3 is 0 Å². The molecule has 0 heterocycles. The van der Waals surface area contributed by atoms with Crippen LogP contribution in [0.25, 0.3) is 0 Å². The lowest BCUT2D eigenvalue weighted by molar-refractivity contribution is 0.302. The zero-order chi connectivity index (χ0) is 17.5. The molecule has 0 saturated carbocycles. The van der Waals surface area contributed by atoms with Gasteiger partial charge in [0.05, 0.1) is 0 Å². The van der Waals surface area contributed by atoms with Crippen LogP contribution in [0.1, 0.15) is 16.7 Å². The van der Waals surface area contributed by atoms with Crippen LogP contribution in [0, 0.1) is 0 Å². The van der Waals surface area contributed by atoms with E-state index in [0.29, 0.717) is 19.7 Å². The Morgan fingerprint density at radius 1 is 0.846 bits per heavy atom. The number of nitrogens with one attached hydrogen (secondary N) is 1. The molecular formula is C21H20BrCl2NO. The molecule has 26 heavy (non-hydrogen) atoms. The lowest BCUT2D eigenvalue weighted by Crippen LogP contribution is -2.14. The summed E-state index contributed by atoms with van der Waals surface area (Å²) in [5, 5.41) is 4.22. The van der Waals surface area contributed by atoms with E-state index < -0.39 is 0 Å². The number of rotatable bonds is 7. The van der Waals surface area contributed by atoms with E-state index in [1.165, 1.54) is 0 Å². The number of ether oxygens (including phenoxy) is 1. The largest absolute Gasteiger partial charge is 0.489 e. The van der Waals surface area contributed by atoms with Crippen molar-refractivity contribution in [3.05, 3.63) is 99.0 Å². The van der Waals surface area contributed by atoms with Gasteiger partial charge in [0.25, 0.3) is 0 Å². The molecule has 0 spiro atoms. The molecule has 0 aromatic heterocycles. The minimum Gasteiger partial charge on any atom is -0.489 e. The molecule has 1 N–H and O–H groups in total. The average Bonchev–Trinajstić information content (AvgIpc) is 2.63. The zero-order valence-electron chi connectivity index (χ0n) is 14.1. The fourth-order valence-electron chi connectivity index (χ4n) is 2.54. The second-order valence-corrected chi connectivity index (χ2v) is 7.04. The zero-order valence-corrected chi connectivity index (χ0v) is 17.3. The molecule has 3 rings (SSSR count). The van der Waals surface area contributed by atoms with Gasteiger partial charge in [-0.2, -0.15) is 0 Å². The lowest BCUT2D eigenvalue weighted by atomic mass is 10.1. The van der Waals surface area contributed by atoms with E-state index in [1.807, 2.05) is 54.6 Å². The highest BCUT2D eigenvalue weighted by atomic mass is 79.9. The SMILES string of the molecule is Cl.Clc1ccccc1CNCc1cc(Br)ccc1OCc1ccccc1. The van der Waals surface area contributed by atoms with Crippen LogP contribution < -0.4 is 10.1 Å². The van der Waals surface area contributed by atoms with E-state index in [9.17, 15) is 0 Å². The van der Waals surface area contributed by atoms with Gasteiger partial charge in [-0.05, 0) is 35.4 Å². The van der Waals surface area contributed by atoms with Crippen LogP contribution in [0.2, 0.25) is 5.02 Å². The Kier molecular flexibility index (Phi) is 8.46.